The quantitative estimate of drug-likeness (QED) is 0.178. The lowest BCUT2D eigenvalue weighted by molar-refractivity contribution is -0.291. The van der Waals surface area contributed by atoms with Gasteiger partial charge in [0.25, 0.3) is 11.6 Å². The lowest BCUT2D eigenvalue weighted by Gasteiger charge is -2.45. The fourth-order valence-corrected chi connectivity index (χ4v) is 4.00. The summed E-state index contributed by atoms with van der Waals surface area (Å²) in [4.78, 5) is 53.1. The molecule has 0 amide bonds. The maximum absolute atomic E-state index is 12.6. The summed E-state index contributed by atoms with van der Waals surface area (Å²) in [6.07, 6.45) is 7.22. The highest BCUT2D eigenvalue weighted by Crippen LogP contribution is 2.45. The second-order valence-corrected chi connectivity index (χ2v) is 8.67. The fourth-order valence-electron chi connectivity index (χ4n) is 4.00. The third-order valence-corrected chi connectivity index (χ3v) is 5.98. The molecular weight excluding hydrogens is 524 g/mol. The van der Waals surface area contributed by atoms with Crippen LogP contribution in [0.3, 0.4) is 0 Å². The molecule has 0 N–H and O–H groups in total. The van der Waals surface area contributed by atoms with Crippen LogP contribution in [-0.4, -0.2) is 71.4 Å². The van der Waals surface area contributed by atoms with Crippen molar-refractivity contribution >= 4 is 23.9 Å². The van der Waals surface area contributed by atoms with Crippen molar-refractivity contribution < 1.29 is 38.1 Å². The summed E-state index contributed by atoms with van der Waals surface area (Å²) in [6.45, 7) is -0.280. The Morgan fingerprint density at radius 2 is 0.850 bits per heavy atom. The SMILES string of the molecule is N#CCN(/C=C/C=C1C(=O)OC2(CCC3(CC2)OC(=O)C(=C/C=C/N(CC#N)CC#N)C(=O)O3)OC1=O)CC#N. The highest BCUT2D eigenvalue weighted by molar-refractivity contribution is 6.16. The number of nitriles is 4. The van der Waals surface area contributed by atoms with Crippen LogP contribution in [0.25, 0.3) is 0 Å². The Hall–Kier alpha value is -5.60. The van der Waals surface area contributed by atoms with E-state index in [2.05, 4.69) is 0 Å². The zero-order chi connectivity index (χ0) is 29.2. The minimum atomic E-state index is -1.63. The summed E-state index contributed by atoms with van der Waals surface area (Å²) in [5, 5.41) is 35.1. The van der Waals surface area contributed by atoms with E-state index in [1.165, 1.54) is 34.4 Å². The van der Waals surface area contributed by atoms with Crippen molar-refractivity contribution in [1.29, 1.82) is 21.0 Å². The Labute approximate surface area is 228 Å². The van der Waals surface area contributed by atoms with E-state index in [1.54, 1.807) is 0 Å². The fraction of sp³-hybridized carbons (Fsp3) is 0.385. The van der Waals surface area contributed by atoms with Crippen LogP contribution >= 0.6 is 0 Å². The molecule has 0 atom stereocenters. The first-order valence-electron chi connectivity index (χ1n) is 11.9. The number of ether oxygens (including phenoxy) is 4. The lowest BCUT2D eigenvalue weighted by Crippen LogP contribution is -2.56. The number of hydrogen-bond donors (Lipinski definition) is 0. The lowest BCUT2D eigenvalue weighted by atomic mass is 9.87. The number of rotatable bonds is 8. The van der Waals surface area contributed by atoms with Crippen molar-refractivity contribution in [2.45, 2.75) is 37.3 Å². The van der Waals surface area contributed by atoms with E-state index in [4.69, 9.17) is 40.0 Å². The molecule has 0 aromatic rings. The van der Waals surface area contributed by atoms with Crippen LogP contribution in [0.5, 0.6) is 0 Å². The van der Waals surface area contributed by atoms with E-state index in [0.29, 0.717) is 0 Å². The van der Waals surface area contributed by atoms with E-state index in [9.17, 15) is 19.2 Å². The van der Waals surface area contributed by atoms with Gasteiger partial charge in [0.15, 0.2) is 0 Å². The molecule has 2 heterocycles. The van der Waals surface area contributed by atoms with E-state index in [1.807, 2.05) is 24.3 Å². The van der Waals surface area contributed by atoms with Crippen LogP contribution in [-0.2, 0) is 38.1 Å². The van der Waals surface area contributed by atoms with Crippen LogP contribution in [0.15, 0.2) is 47.9 Å². The molecule has 2 spiro atoms. The van der Waals surface area contributed by atoms with Crippen molar-refractivity contribution in [3.63, 3.8) is 0 Å². The highest BCUT2D eigenvalue weighted by Gasteiger charge is 2.56. The van der Waals surface area contributed by atoms with Gasteiger partial charge in [-0.25, -0.2) is 19.2 Å². The summed E-state index contributed by atoms with van der Waals surface area (Å²) in [5.41, 5.74) is -0.782. The van der Waals surface area contributed by atoms with Gasteiger partial charge in [0.1, 0.15) is 37.3 Å². The van der Waals surface area contributed by atoms with E-state index in [0.717, 1.165) is 12.2 Å². The second-order valence-electron chi connectivity index (χ2n) is 8.67. The average molecular weight is 546 g/mol. The summed E-state index contributed by atoms with van der Waals surface area (Å²) < 4.78 is 21.7. The molecule has 14 heteroatoms. The number of carbonyl (C=O) groups is 4. The van der Waals surface area contributed by atoms with Gasteiger partial charge in [0.2, 0.25) is 0 Å². The molecule has 0 bridgehead atoms. The van der Waals surface area contributed by atoms with Crippen LogP contribution in [0.4, 0.5) is 0 Å². The van der Waals surface area contributed by atoms with E-state index >= 15 is 0 Å². The molecule has 0 aromatic heterocycles. The first kappa shape index (κ1) is 29.0. The third-order valence-electron chi connectivity index (χ3n) is 5.98. The number of nitrogens with zero attached hydrogens (tertiary/aromatic N) is 6. The van der Waals surface area contributed by atoms with Crippen LogP contribution in [0.1, 0.15) is 25.7 Å². The first-order chi connectivity index (χ1) is 19.2. The summed E-state index contributed by atoms with van der Waals surface area (Å²) in [7, 11) is 0. The minimum Gasteiger partial charge on any atom is -0.419 e. The Morgan fingerprint density at radius 3 is 1.10 bits per heavy atom. The predicted molar refractivity (Wildman–Crippen MR) is 128 cm³/mol. The first-order valence-corrected chi connectivity index (χ1v) is 11.9. The molecular formula is C26H22N6O8. The van der Waals surface area contributed by atoms with Crippen LogP contribution < -0.4 is 0 Å². The summed E-state index contributed by atoms with van der Waals surface area (Å²) in [6, 6.07) is 7.52. The average Bonchev–Trinajstić information content (AvgIpc) is 2.90. The zero-order valence-corrected chi connectivity index (χ0v) is 21.1. The Bertz CT molecular complexity index is 1180. The van der Waals surface area contributed by atoms with Crippen molar-refractivity contribution in [2.75, 3.05) is 26.2 Å². The van der Waals surface area contributed by atoms with E-state index in [-0.39, 0.29) is 51.9 Å². The third kappa shape index (κ3) is 6.83. The van der Waals surface area contributed by atoms with E-state index < -0.39 is 46.6 Å². The molecule has 204 valence electrons. The zero-order valence-electron chi connectivity index (χ0n) is 21.1. The van der Waals surface area contributed by atoms with Crippen LogP contribution in [0.2, 0.25) is 0 Å². The second kappa shape index (κ2) is 12.8. The van der Waals surface area contributed by atoms with Crippen molar-refractivity contribution in [2.24, 2.45) is 0 Å². The van der Waals surface area contributed by atoms with Gasteiger partial charge in [-0.2, -0.15) is 21.0 Å². The van der Waals surface area contributed by atoms with Gasteiger partial charge < -0.3 is 28.7 Å². The normalized spacial score (nSPS) is 23.8. The predicted octanol–water partition coefficient (Wildman–Crippen LogP) is 0.732. The van der Waals surface area contributed by atoms with Gasteiger partial charge in [-0.3, -0.25) is 0 Å². The van der Waals surface area contributed by atoms with Gasteiger partial charge >= 0.3 is 23.9 Å². The Balaban J connectivity index is 1.63. The van der Waals surface area contributed by atoms with Crippen molar-refractivity contribution in [1.82, 2.24) is 9.80 Å². The molecule has 2 saturated heterocycles. The van der Waals surface area contributed by atoms with Gasteiger partial charge in [-0.1, -0.05) is 0 Å². The molecule has 3 rings (SSSR count). The van der Waals surface area contributed by atoms with Crippen molar-refractivity contribution in [3.05, 3.63) is 47.9 Å². The molecule has 14 nitrogen and oxygen atoms in total. The standard InChI is InChI=1S/C26H22N6O8/c27-9-15-31(16-10-28)13-1-3-19-21(33)37-25(38-22(19)34)5-7-26(8-6-25)39-23(35)20(24(36)40-26)4-2-14-32(17-11-29)18-12-30/h1-4,13-14H,5-8,15-18H2/b13-1+,14-2+,19-3?,20-4?. The monoisotopic (exact) mass is 546 g/mol. The minimum absolute atomic E-state index is 0.0700. The summed E-state index contributed by atoms with van der Waals surface area (Å²) >= 11 is 0. The number of hydrogen-bond acceptors (Lipinski definition) is 14. The maximum atomic E-state index is 12.6. The number of esters is 4. The van der Waals surface area contributed by atoms with Gasteiger partial charge in [0.05, 0.1) is 24.3 Å². The number of carbonyl (C=O) groups excluding carboxylic acids is 4. The van der Waals surface area contributed by atoms with Crippen molar-refractivity contribution in [3.8, 4) is 24.3 Å². The van der Waals surface area contributed by atoms with Crippen LogP contribution in [0, 0.1) is 45.3 Å². The van der Waals surface area contributed by atoms with Gasteiger partial charge in [-0.05, 0) is 24.3 Å². The van der Waals surface area contributed by atoms with Gasteiger partial charge in [-0.15, -0.1) is 0 Å². The van der Waals surface area contributed by atoms with Gasteiger partial charge in [0, 0.05) is 38.1 Å². The maximum Gasteiger partial charge on any atom is 0.348 e. The smallest absolute Gasteiger partial charge is 0.348 e. The largest absolute Gasteiger partial charge is 0.419 e. The Kier molecular flexibility index (Phi) is 9.25. The molecule has 0 aromatic carbocycles. The molecule has 3 fully saturated rings. The molecule has 0 radical (unpaired) electrons. The highest BCUT2D eigenvalue weighted by atomic mass is 16.8. The molecule has 40 heavy (non-hydrogen) atoms. The molecule has 1 saturated carbocycles. The number of allylic oxidation sites excluding steroid dienone is 4. The molecule has 1 aliphatic carbocycles. The summed E-state index contributed by atoms with van der Waals surface area (Å²) in [5.74, 6) is -7.03. The molecule has 2 aliphatic heterocycles. The topological polar surface area (TPSA) is 207 Å². The molecule has 3 aliphatic rings. The Morgan fingerprint density at radius 1 is 0.575 bits per heavy atom. The molecule has 0 unspecified atom stereocenters.